The van der Waals surface area contributed by atoms with Crippen molar-refractivity contribution in [1.29, 1.82) is 0 Å². The highest BCUT2D eigenvalue weighted by Gasteiger charge is 2.22. The molecule has 1 saturated heterocycles. The van der Waals surface area contributed by atoms with Crippen LogP contribution in [-0.2, 0) is 4.74 Å². The standard InChI is InChI=1S/C13H19N7O/c1-21-9-10-3-7-19(8-4-10)12-16-11(14)17-13(18-12)20-6-2-5-15-20/h2,5-6,10H,3-4,7-9H2,1H3,(H2,14,16,17,18). The summed E-state index contributed by atoms with van der Waals surface area (Å²) in [5.74, 6) is 1.88. The van der Waals surface area contributed by atoms with E-state index in [1.807, 2.05) is 6.07 Å². The number of hydrogen-bond acceptors (Lipinski definition) is 7. The maximum atomic E-state index is 5.80. The van der Waals surface area contributed by atoms with E-state index in [0.29, 0.717) is 17.8 Å². The van der Waals surface area contributed by atoms with Crippen molar-refractivity contribution in [2.45, 2.75) is 12.8 Å². The molecule has 0 aromatic carbocycles. The van der Waals surface area contributed by atoms with Crippen LogP contribution in [0.4, 0.5) is 11.9 Å². The first kappa shape index (κ1) is 13.7. The van der Waals surface area contributed by atoms with E-state index in [9.17, 15) is 0 Å². The van der Waals surface area contributed by atoms with Crippen molar-refractivity contribution in [3.05, 3.63) is 18.5 Å². The number of nitrogen functional groups attached to an aromatic ring is 1. The third kappa shape index (κ3) is 3.10. The molecule has 0 unspecified atom stereocenters. The summed E-state index contributed by atoms with van der Waals surface area (Å²) in [5, 5.41) is 4.12. The molecule has 3 heterocycles. The number of nitrogens with zero attached hydrogens (tertiary/aromatic N) is 6. The van der Waals surface area contributed by atoms with Gasteiger partial charge in [-0.15, -0.1) is 0 Å². The number of anilines is 2. The first-order chi connectivity index (χ1) is 10.3. The van der Waals surface area contributed by atoms with Crippen molar-refractivity contribution >= 4 is 11.9 Å². The van der Waals surface area contributed by atoms with E-state index in [1.165, 1.54) is 0 Å². The quantitative estimate of drug-likeness (QED) is 0.875. The van der Waals surface area contributed by atoms with Gasteiger partial charge in [-0.25, -0.2) is 4.68 Å². The van der Waals surface area contributed by atoms with Gasteiger partial charge in [-0.3, -0.25) is 0 Å². The molecule has 0 atom stereocenters. The molecule has 0 amide bonds. The van der Waals surface area contributed by atoms with Crippen molar-refractivity contribution in [1.82, 2.24) is 24.7 Å². The number of nitrogens with two attached hydrogens (primary N) is 1. The van der Waals surface area contributed by atoms with Gasteiger partial charge in [-0.2, -0.15) is 20.1 Å². The number of piperidine rings is 1. The highest BCUT2D eigenvalue weighted by atomic mass is 16.5. The Morgan fingerprint density at radius 3 is 2.67 bits per heavy atom. The van der Waals surface area contributed by atoms with Gasteiger partial charge in [0.1, 0.15) is 0 Å². The lowest BCUT2D eigenvalue weighted by molar-refractivity contribution is 0.139. The smallest absolute Gasteiger partial charge is 0.257 e. The molecule has 3 rings (SSSR count). The van der Waals surface area contributed by atoms with E-state index in [4.69, 9.17) is 10.5 Å². The Balaban J connectivity index is 1.77. The molecule has 1 aliphatic heterocycles. The third-order valence-electron chi connectivity index (χ3n) is 3.64. The fraction of sp³-hybridized carbons (Fsp3) is 0.538. The summed E-state index contributed by atoms with van der Waals surface area (Å²) in [6.07, 6.45) is 5.59. The summed E-state index contributed by atoms with van der Waals surface area (Å²) in [6, 6.07) is 1.82. The van der Waals surface area contributed by atoms with Crippen molar-refractivity contribution in [2.75, 3.05) is 37.4 Å². The second-order valence-electron chi connectivity index (χ2n) is 5.13. The van der Waals surface area contributed by atoms with Gasteiger partial charge in [-0.1, -0.05) is 0 Å². The number of rotatable bonds is 4. The molecule has 112 valence electrons. The van der Waals surface area contributed by atoms with Crippen LogP contribution in [0.15, 0.2) is 18.5 Å². The largest absolute Gasteiger partial charge is 0.384 e. The minimum atomic E-state index is 0.213. The third-order valence-corrected chi connectivity index (χ3v) is 3.64. The van der Waals surface area contributed by atoms with Crippen LogP contribution in [0.2, 0.25) is 0 Å². The normalized spacial score (nSPS) is 16.3. The molecule has 0 saturated carbocycles. The monoisotopic (exact) mass is 289 g/mol. The number of ether oxygens (including phenoxy) is 1. The zero-order valence-electron chi connectivity index (χ0n) is 12.0. The van der Waals surface area contributed by atoms with Crippen LogP contribution in [0.5, 0.6) is 0 Å². The van der Waals surface area contributed by atoms with Crippen LogP contribution in [0.1, 0.15) is 12.8 Å². The Kier molecular flexibility index (Phi) is 3.96. The van der Waals surface area contributed by atoms with Gasteiger partial charge >= 0.3 is 0 Å². The first-order valence-corrected chi connectivity index (χ1v) is 7.01. The number of hydrogen-bond donors (Lipinski definition) is 1. The molecule has 2 N–H and O–H groups in total. The average Bonchev–Trinajstić information content (AvgIpc) is 3.02. The van der Waals surface area contributed by atoms with E-state index in [2.05, 4.69) is 25.0 Å². The van der Waals surface area contributed by atoms with Crippen LogP contribution < -0.4 is 10.6 Å². The molecule has 1 fully saturated rings. The van der Waals surface area contributed by atoms with Crippen LogP contribution >= 0.6 is 0 Å². The maximum absolute atomic E-state index is 5.80. The second-order valence-corrected chi connectivity index (χ2v) is 5.13. The molecular weight excluding hydrogens is 270 g/mol. The van der Waals surface area contributed by atoms with E-state index < -0.39 is 0 Å². The summed E-state index contributed by atoms with van der Waals surface area (Å²) in [4.78, 5) is 15.0. The fourth-order valence-electron chi connectivity index (χ4n) is 2.54. The van der Waals surface area contributed by atoms with Crippen molar-refractivity contribution < 1.29 is 4.74 Å². The lowest BCUT2D eigenvalue weighted by atomic mass is 9.98. The van der Waals surface area contributed by atoms with Crippen molar-refractivity contribution in [2.24, 2.45) is 5.92 Å². The molecule has 2 aromatic heterocycles. The van der Waals surface area contributed by atoms with Crippen molar-refractivity contribution in [3.63, 3.8) is 0 Å². The average molecular weight is 289 g/mol. The first-order valence-electron chi connectivity index (χ1n) is 7.01. The molecule has 1 aliphatic rings. The topological polar surface area (TPSA) is 95.0 Å². The molecular formula is C13H19N7O. The highest BCUT2D eigenvalue weighted by Crippen LogP contribution is 2.21. The maximum Gasteiger partial charge on any atom is 0.257 e. The zero-order chi connectivity index (χ0) is 14.7. The van der Waals surface area contributed by atoms with Gasteiger partial charge in [-0.05, 0) is 24.8 Å². The Hall–Kier alpha value is -2.22. The Morgan fingerprint density at radius 1 is 1.24 bits per heavy atom. The summed E-state index contributed by atoms with van der Waals surface area (Å²) in [5.41, 5.74) is 5.80. The Morgan fingerprint density at radius 2 is 2.00 bits per heavy atom. The molecule has 0 radical (unpaired) electrons. The highest BCUT2D eigenvalue weighted by molar-refractivity contribution is 5.38. The van der Waals surface area contributed by atoms with Gasteiger partial charge in [0.15, 0.2) is 0 Å². The van der Waals surface area contributed by atoms with Crippen LogP contribution in [0.3, 0.4) is 0 Å². The minimum Gasteiger partial charge on any atom is -0.384 e. The predicted octanol–water partition coefficient (Wildman–Crippen LogP) is 0.502. The lowest BCUT2D eigenvalue weighted by Crippen LogP contribution is -2.36. The molecule has 2 aromatic rings. The Labute approximate surface area is 123 Å². The van der Waals surface area contributed by atoms with E-state index in [0.717, 1.165) is 32.5 Å². The Bertz CT molecular complexity index is 578. The van der Waals surface area contributed by atoms with E-state index in [1.54, 1.807) is 24.2 Å². The van der Waals surface area contributed by atoms with Crippen LogP contribution in [0.25, 0.3) is 5.95 Å². The van der Waals surface area contributed by atoms with Crippen molar-refractivity contribution in [3.8, 4) is 5.95 Å². The van der Waals surface area contributed by atoms with Gasteiger partial charge in [0, 0.05) is 39.2 Å². The lowest BCUT2D eigenvalue weighted by Gasteiger charge is -2.31. The molecule has 0 spiro atoms. The van der Waals surface area contributed by atoms with Crippen LogP contribution in [-0.4, -0.2) is 51.5 Å². The van der Waals surface area contributed by atoms with E-state index in [-0.39, 0.29) is 5.95 Å². The fourth-order valence-corrected chi connectivity index (χ4v) is 2.54. The molecule has 0 aliphatic carbocycles. The summed E-state index contributed by atoms with van der Waals surface area (Å²) in [7, 11) is 1.75. The molecule has 8 heteroatoms. The summed E-state index contributed by atoms with van der Waals surface area (Å²) >= 11 is 0. The SMILES string of the molecule is COCC1CCN(c2nc(N)nc(-n3cccn3)n2)CC1. The molecule has 0 bridgehead atoms. The number of methoxy groups -OCH3 is 1. The van der Waals surface area contributed by atoms with Gasteiger partial charge < -0.3 is 15.4 Å². The summed E-state index contributed by atoms with van der Waals surface area (Å²) < 4.78 is 6.80. The van der Waals surface area contributed by atoms with Gasteiger partial charge in [0.25, 0.3) is 5.95 Å². The number of aromatic nitrogens is 5. The molecule has 8 nitrogen and oxygen atoms in total. The second kappa shape index (κ2) is 6.04. The zero-order valence-corrected chi connectivity index (χ0v) is 12.0. The minimum absolute atomic E-state index is 0.213. The van der Waals surface area contributed by atoms with Gasteiger partial charge in [0.05, 0.1) is 0 Å². The predicted molar refractivity (Wildman–Crippen MR) is 78.2 cm³/mol. The van der Waals surface area contributed by atoms with E-state index >= 15 is 0 Å². The summed E-state index contributed by atoms with van der Waals surface area (Å²) in [6.45, 7) is 2.61. The molecule has 21 heavy (non-hydrogen) atoms. The van der Waals surface area contributed by atoms with Gasteiger partial charge in [0.2, 0.25) is 11.9 Å². The van der Waals surface area contributed by atoms with Crippen LogP contribution in [0, 0.1) is 5.92 Å².